The normalized spacial score (nSPS) is 10.3. The fraction of sp³-hybridized carbons (Fsp3) is 0. The van der Waals surface area contributed by atoms with Gasteiger partial charge in [-0.3, -0.25) is 5.10 Å². The van der Waals surface area contributed by atoms with Gasteiger partial charge in [0, 0.05) is 8.95 Å². The van der Waals surface area contributed by atoms with Gasteiger partial charge in [-0.05, 0) is 56.2 Å². The van der Waals surface area contributed by atoms with Crippen LogP contribution in [-0.4, -0.2) is 10.2 Å². The summed E-state index contributed by atoms with van der Waals surface area (Å²) in [5, 5.41) is 10.7. The molecule has 0 saturated heterocycles. The molecule has 0 radical (unpaired) electrons. The summed E-state index contributed by atoms with van der Waals surface area (Å²) in [6, 6.07) is 5.86. The van der Waals surface area contributed by atoms with Crippen molar-refractivity contribution in [2.45, 2.75) is 0 Å². The topological polar surface area (TPSA) is 40.7 Å². The van der Waals surface area contributed by atoms with Gasteiger partial charge in [-0.25, -0.2) is 0 Å². The van der Waals surface area contributed by atoms with Gasteiger partial charge in [0.2, 0.25) is 5.13 Å². The van der Waals surface area contributed by atoms with Crippen LogP contribution in [0, 0.1) is 3.95 Å². The smallest absolute Gasteiger partial charge is 0.208 e. The van der Waals surface area contributed by atoms with Crippen LogP contribution < -0.4 is 5.32 Å². The third-order valence-electron chi connectivity index (χ3n) is 1.63. The lowest BCUT2D eigenvalue weighted by Gasteiger charge is -2.06. The molecule has 2 aromatic rings. The van der Waals surface area contributed by atoms with Gasteiger partial charge in [-0.15, -0.1) is 5.10 Å². The summed E-state index contributed by atoms with van der Waals surface area (Å²) < 4.78 is 2.59. The number of hydrogen-bond donors (Lipinski definition) is 2. The van der Waals surface area contributed by atoms with Gasteiger partial charge >= 0.3 is 0 Å². The van der Waals surface area contributed by atoms with E-state index in [-0.39, 0.29) is 0 Å². The molecule has 0 atom stereocenters. The number of nitrogens with zero attached hydrogens (tertiary/aromatic N) is 1. The largest absolute Gasteiger partial charge is 0.328 e. The van der Waals surface area contributed by atoms with E-state index in [2.05, 4.69) is 47.4 Å². The van der Waals surface area contributed by atoms with Crippen molar-refractivity contribution in [3.8, 4) is 0 Å². The van der Waals surface area contributed by atoms with Crippen molar-refractivity contribution >= 4 is 66.2 Å². The highest BCUT2D eigenvalue weighted by molar-refractivity contribution is 9.11. The molecule has 0 spiro atoms. The van der Waals surface area contributed by atoms with E-state index in [9.17, 15) is 0 Å². The fourth-order valence-electron chi connectivity index (χ4n) is 1.01. The molecule has 15 heavy (non-hydrogen) atoms. The summed E-state index contributed by atoms with van der Waals surface area (Å²) >= 11 is 13.3. The van der Waals surface area contributed by atoms with Gasteiger partial charge < -0.3 is 5.32 Å². The van der Waals surface area contributed by atoms with Crippen LogP contribution >= 0.6 is 55.4 Å². The number of nitrogens with one attached hydrogen (secondary N) is 2. The van der Waals surface area contributed by atoms with E-state index in [0.29, 0.717) is 3.95 Å². The first-order chi connectivity index (χ1) is 7.16. The zero-order valence-electron chi connectivity index (χ0n) is 7.25. The predicted octanol–water partition coefficient (Wildman–Crippen LogP) is 4.47. The molecule has 1 aromatic heterocycles. The van der Waals surface area contributed by atoms with Crippen molar-refractivity contribution in [2.75, 3.05) is 5.32 Å². The number of para-hydroxylation sites is 1. The first-order valence-electron chi connectivity index (χ1n) is 3.93. The maximum atomic E-state index is 4.95. The second-order valence-electron chi connectivity index (χ2n) is 2.64. The number of halogens is 2. The van der Waals surface area contributed by atoms with Crippen LogP contribution in [0.1, 0.15) is 0 Å². The highest BCUT2D eigenvalue weighted by Gasteiger charge is 2.06. The first-order valence-corrected chi connectivity index (χ1v) is 6.74. The molecule has 0 aliphatic rings. The van der Waals surface area contributed by atoms with Crippen molar-refractivity contribution in [3.05, 3.63) is 31.1 Å². The van der Waals surface area contributed by atoms with E-state index in [1.165, 1.54) is 11.3 Å². The molecule has 7 heteroatoms. The van der Waals surface area contributed by atoms with Crippen LogP contribution in [0.25, 0.3) is 0 Å². The monoisotopic (exact) mass is 365 g/mol. The molecular formula is C8H5Br2N3S2. The molecule has 0 saturated carbocycles. The number of hydrogen-bond acceptors (Lipinski definition) is 4. The minimum atomic E-state index is 0.653. The van der Waals surface area contributed by atoms with Gasteiger partial charge in [0.25, 0.3) is 0 Å². The van der Waals surface area contributed by atoms with Gasteiger partial charge in [-0.1, -0.05) is 17.4 Å². The van der Waals surface area contributed by atoms with Gasteiger partial charge in [0.15, 0.2) is 3.95 Å². The first kappa shape index (κ1) is 11.3. The minimum Gasteiger partial charge on any atom is -0.328 e. The number of rotatable bonds is 2. The van der Waals surface area contributed by atoms with Gasteiger partial charge in [0.05, 0.1) is 5.69 Å². The lowest BCUT2D eigenvalue weighted by Crippen LogP contribution is -1.91. The average molecular weight is 367 g/mol. The Morgan fingerprint density at radius 1 is 1.33 bits per heavy atom. The van der Waals surface area contributed by atoms with Crippen LogP contribution in [-0.2, 0) is 0 Å². The van der Waals surface area contributed by atoms with Crippen molar-refractivity contribution < 1.29 is 0 Å². The third-order valence-corrected chi connectivity index (χ3v) is 3.96. The molecule has 0 aliphatic heterocycles. The highest BCUT2D eigenvalue weighted by Crippen LogP contribution is 2.33. The number of aromatic nitrogens is 2. The van der Waals surface area contributed by atoms with E-state index < -0.39 is 0 Å². The maximum Gasteiger partial charge on any atom is 0.208 e. The Morgan fingerprint density at radius 3 is 2.53 bits per heavy atom. The Morgan fingerprint density at radius 2 is 2.00 bits per heavy atom. The van der Waals surface area contributed by atoms with Gasteiger partial charge in [0.1, 0.15) is 0 Å². The van der Waals surface area contributed by atoms with Gasteiger partial charge in [-0.2, -0.15) is 0 Å². The number of anilines is 2. The quantitative estimate of drug-likeness (QED) is 0.770. The average Bonchev–Trinajstić information content (AvgIpc) is 2.58. The summed E-state index contributed by atoms with van der Waals surface area (Å²) in [7, 11) is 0. The Labute approximate surface area is 112 Å². The molecule has 3 nitrogen and oxygen atoms in total. The van der Waals surface area contributed by atoms with Crippen molar-refractivity contribution in [2.24, 2.45) is 0 Å². The fourth-order valence-corrected chi connectivity index (χ4v) is 3.00. The van der Waals surface area contributed by atoms with Crippen LogP contribution in [0.4, 0.5) is 10.8 Å². The standard InChI is InChI=1S/C8H5Br2N3S2/c9-4-2-1-3-5(10)6(4)11-7-12-13-8(14)15-7/h1-3H,(H,11,12)(H,13,14). The van der Waals surface area contributed by atoms with Crippen LogP contribution in [0.5, 0.6) is 0 Å². The maximum absolute atomic E-state index is 4.95. The third kappa shape index (κ3) is 2.66. The van der Waals surface area contributed by atoms with E-state index in [1.54, 1.807) is 0 Å². The molecule has 0 amide bonds. The van der Waals surface area contributed by atoms with E-state index in [0.717, 1.165) is 19.8 Å². The molecule has 0 aliphatic carbocycles. The second kappa shape index (κ2) is 4.73. The van der Waals surface area contributed by atoms with Crippen molar-refractivity contribution in [1.82, 2.24) is 10.2 Å². The Hall–Kier alpha value is -0.240. The molecule has 0 fully saturated rings. The van der Waals surface area contributed by atoms with E-state index >= 15 is 0 Å². The molecule has 78 valence electrons. The molecule has 2 N–H and O–H groups in total. The zero-order chi connectivity index (χ0) is 10.8. The molecule has 0 bridgehead atoms. The molecule has 1 heterocycles. The summed E-state index contributed by atoms with van der Waals surface area (Å²) in [6.07, 6.45) is 0. The van der Waals surface area contributed by atoms with Crippen LogP contribution in [0.15, 0.2) is 27.1 Å². The van der Waals surface area contributed by atoms with E-state index in [4.69, 9.17) is 12.2 Å². The van der Waals surface area contributed by atoms with E-state index in [1.807, 2.05) is 18.2 Å². The Kier molecular flexibility index (Phi) is 3.55. The zero-order valence-corrected chi connectivity index (χ0v) is 12.1. The lowest BCUT2D eigenvalue weighted by molar-refractivity contribution is 1.08. The second-order valence-corrected chi connectivity index (χ2v) is 6.01. The lowest BCUT2D eigenvalue weighted by atomic mass is 10.3. The molecule has 0 unspecified atom stereocenters. The van der Waals surface area contributed by atoms with Crippen LogP contribution in [0.3, 0.4) is 0 Å². The predicted molar refractivity (Wildman–Crippen MR) is 72.4 cm³/mol. The Balaban J connectivity index is 2.35. The van der Waals surface area contributed by atoms with Crippen molar-refractivity contribution in [3.63, 3.8) is 0 Å². The molecule has 1 aromatic carbocycles. The SMILES string of the molecule is S=c1[nH]nc(Nc2c(Br)cccc2Br)s1. The number of aromatic amines is 1. The summed E-state index contributed by atoms with van der Waals surface area (Å²) in [5.74, 6) is 0. The Bertz CT molecular complexity index is 514. The van der Waals surface area contributed by atoms with Crippen LogP contribution in [0.2, 0.25) is 0 Å². The molecule has 2 rings (SSSR count). The number of benzene rings is 1. The minimum absolute atomic E-state index is 0.653. The molecular weight excluding hydrogens is 362 g/mol. The van der Waals surface area contributed by atoms with Crippen molar-refractivity contribution in [1.29, 1.82) is 0 Å². The number of H-pyrrole nitrogens is 1. The summed E-state index contributed by atoms with van der Waals surface area (Å²) in [6.45, 7) is 0. The summed E-state index contributed by atoms with van der Waals surface area (Å²) in [4.78, 5) is 0. The highest BCUT2D eigenvalue weighted by atomic mass is 79.9. The summed E-state index contributed by atoms with van der Waals surface area (Å²) in [5.41, 5.74) is 0.940.